The molecule has 20 heavy (non-hydrogen) atoms. The van der Waals surface area contributed by atoms with E-state index in [1.54, 1.807) is 0 Å². The summed E-state index contributed by atoms with van der Waals surface area (Å²) in [4.78, 5) is 2.39. The Hall–Kier alpha value is -0.860. The normalized spacial score (nSPS) is 14.1. The molecule has 1 rings (SSSR count). The molecule has 0 aromatic heterocycles. The second-order valence-corrected chi connectivity index (χ2v) is 7.02. The first-order valence-electron chi connectivity index (χ1n) is 7.79. The fraction of sp³-hybridized carbons (Fsp3) is 0.667. The number of benzene rings is 1. The van der Waals surface area contributed by atoms with Crippen LogP contribution in [0.2, 0.25) is 0 Å². The van der Waals surface area contributed by atoms with Crippen LogP contribution in [0.4, 0.5) is 0 Å². The van der Waals surface area contributed by atoms with Crippen molar-refractivity contribution in [3.63, 3.8) is 0 Å². The number of likely N-dealkylation sites (N-methyl/N-ethyl adjacent to an activating group) is 2. The minimum absolute atomic E-state index is 0.223. The van der Waals surface area contributed by atoms with Crippen LogP contribution >= 0.6 is 0 Å². The molecular formula is C18H32N2. The lowest BCUT2D eigenvalue weighted by Crippen LogP contribution is -2.36. The largest absolute Gasteiger partial charge is 0.309 e. The molecule has 2 nitrogen and oxygen atoms in total. The van der Waals surface area contributed by atoms with Gasteiger partial charge < -0.3 is 10.2 Å². The zero-order valence-corrected chi connectivity index (χ0v) is 14.3. The SMILES string of the molecule is CCNC(CN(C)C(C)C)c1ccc(C(C)(C)C)cc1. The molecule has 0 saturated carbocycles. The second kappa shape index (κ2) is 7.24. The van der Waals surface area contributed by atoms with Gasteiger partial charge in [0, 0.05) is 18.6 Å². The third kappa shape index (κ3) is 4.92. The molecule has 0 radical (unpaired) electrons. The van der Waals surface area contributed by atoms with Gasteiger partial charge in [0.05, 0.1) is 0 Å². The first-order chi connectivity index (χ1) is 9.25. The van der Waals surface area contributed by atoms with Crippen molar-refractivity contribution >= 4 is 0 Å². The van der Waals surface area contributed by atoms with Crippen molar-refractivity contribution in [3.05, 3.63) is 35.4 Å². The van der Waals surface area contributed by atoms with Crippen molar-refractivity contribution in [3.8, 4) is 0 Å². The maximum Gasteiger partial charge on any atom is 0.0449 e. The van der Waals surface area contributed by atoms with Crippen molar-refractivity contribution < 1.29 is 0 Å². The van der Waals surface area contributed by atoms with Crippen molar-refractivity contribution in [1.29, 1.82) is 0 Å². The van der Waals surface area contributed by atoms with E-state index in [2.05, 4.69) is 83.1 Å². The predicted octanol–water partition coefficient (Wildman–Crippen LogP) is 3.97. The summed E-state index contributed by atoms with van der Waals surface area (Å²) >= 11 is 0. The van der Waals surface area contributed by atoms with Gasteiger partial charge in [0.25, 0.3) is 0 Å². The number of nitrogens with zero attached hydrogens (tertiary/aromatic N) is 1. The molecule has 0 aliphatic rings. The summed E-state index contributed by atoms with van der Waals surface area (Å²) in [7, 11) is 2.19. The van der Waals surface area contributed by atoms with E-state index < -0.39 is 0 Å². The molecule has 0 heterocycles. The van der Waals surface area contributed by atoms with Crippen molar-refractivity contribution in [2.75, 3.05) is 20.1 Å². The van der Waals surface area contributed by atoms with Gasteiger partial charge in [-0.15, -0.1) is 0 Å². The Morgan fingerprint density at radius 1 is 1.10 bits per heavy atom. The van der Waals surface area contributed by atoms with Gasteiger partial charge in [-0.2, -0.15) is 0 Å². The minimum atomic E-state index is 0.223. The Morgan fingerprint density at radius 3 is 2.05 bits per heavy atom. The van der Waals surface area contributed by atoms with Crippen LogP contribution in [0.15, 0.2) is 24.3 Å². The summed E-state index contributed by atoms with van der Waals surface area (Å²) in [6.45, 7) is 15.5. The zero-order valence-electron chi connectivity index (χ0n) is 14.3. The molecule has 1 aromatic carbocycles. The number of rotatable bonds is 6. The number of nitrogens with one attached hydrogen (secondary N) is 1. The monoisotopic (exact) mass is 276 g/mol. The van der Waals surface area contributed by atoms with E-state index in [1.807, 2.05) is 0 Å². The highest BCUT2D eigenvalue weighted by atomic mass is 15.1. The van der Waals surface area contributed by atoms with Gasteiger partial charge in [0.2, 0.25) is 0 Å². The third-order valence-electron chi connectivity index (χ3n) is 3.98. The lowest BCUT2D eigenvalue weighted by molar-refractivity contribution is 0.243. The van der Waals surface area contributed by atoms with Crippen LogP contribution in [-0.2, 0) is 5.41 Å². The molecule has 0 aliphatic heterocycles. The molecule has 1 atom stereocenters. The van der Waals surface area contributed by atoms with E-state index >= 15 is 0 Å². The fourth-order valence-corrected chi connectivity index (χ4v) is 2.25. The summed E-state index contributed by atoms with van der Waals surface area (Å²) in [5, 5.41) is 3.60. The Kier molecular flexibility index (Phi) is 6.22. The molecule has 114 valence electrons. The van der Waals surface area contributed by atoms with Gasteiger partial charge >= 0.3 is 0 Å². The topological polar surface area (TPSA) is 15.3 Å². The van der Waals surface area contributed by atoms with E-state index in [4.69, 9.17) is 0 Å². The highest BCUT2D eigenvalue weighted by Crippen LogP contribution is 2.24. The van der Waals surface area contributed by atoms with E-state index in [-0.39, 0.29) is 5.41 Å². The maximum absolute atomic E-state index is 3.60. The van der Waals surface area contributed by atoms with Gasteiger partial charge in [0.15, 0.2) is 0 Å². The molecule has 2 heteroatoms. The quantitative estimate of drug-likeness (QED) is 0.845. The van der Waals surface area contributed by atoms with Gasteiger partial charge in [-0.3, -0.25) is 0 Å². The van der Waals surface area contributed by atoms with Gasteiger partial charge in [-0.25, -0.2) is 0 Å². The third-order valence-corrected chi connectivity index (χ3v) is 3.98. The second-order valence-electron chi connectivity index (χ2n) is 7.02. The van der Waals surface area contributed by atoms with Crippen molar-refractivity contribution in [2.45, 2.75) is 59.0 Å². The molecule has 1 unspecified atom stereocenters. The molecular weight excluding hydrogens is 244 g/mol. The standard InChI is InChI=1S/C18H32N2/c1-8-19-17(13-20(7)14(2)3)15-9-11-16(12-10-15)18(4,5)6/h9-12,14,17,19H,8,13H2,1-7H3. The van der Waals surface area contributed by atoms with Crippen LogP contribution in [0.1, 0.15) is 58.7 Å². The summed E-state index contributed by atoms with van der Waals surface area (Å²) in [6, 6.07) is 10.1. The summed E-state index contributed by atoms with van der Waals surface area (Å²) in [6.07, 6.45) is 0. The summed E-state index contributed by atoms with van der Waals surface area (Å²) < 4.78 is 0. The minimum Gasteiger partial charge on any atom is -0.309 e. The van der Waals surface area contributed by atoms with Crippen LogP contribution in [-0.4, -0.2) is 31.1 Å². The fourth-order valence-electron chi connectivity index (χ4n) is 2.25. The van der Waals surface area contributed by atoms with E-state index in [0.717, 1.165) is 13.1 Å². The van der Waals surface area contributed by atoms with Gasteiger partial charge in [-0.05, 0) is 44.0 Å². The Balaban J connectivity index is 2.87. The lowest BCUT2D eigenvalue weighted by Gasteiger charge is -2.28. The average Bonchev–Trinajstić information content (AvgIpc) is 2.37. The van der Waals surface area contributed by atoms with Gasteiger partial charge in [0.1, 0.15) is 0 Å². The highest BCUT2D eigenvalue weighted by molar-refractivity contribution is 5.29. The molecule has 1 aromatic rings. The smallest absolute Gasteiger partial charge is 0.0449 e. The summed E-state index contributed by atoms with van der Waals surface area (Å²) in [5.74, 6) is 0. The zero-order chi connectivity index (χ0) is 15.3. The predicted molar refractivity (Wildman–Crippen MR) is 89.3 cm³/mol. The van der Waals surface area contributed by atoms with Crippen LogP contribution in [0.5, 0.6) is 0 Å². The highest BCUT2D eigenvalue weighted by Gasteiger charge is 2.17. The molecule has 0 spiro atoms. The molecule has 0 saturated heterocycles. The average molecular weight is 276 g/mol. The lowest BCUT2D eigenvalue weighted by atomic mass is 9.86. The Morgan fingerprint density at radius 2 is 1.65 bits per heavy atom. The molecule has 0 bridgehead atoms. The molecule has 1 N–H and O–H groups in total. The first kappa shape index (κ1) is 17.2. The Bertz CT molecular complexity index is 387. The van der Waals surface area contributed by atoms with Crippen LogP contribution in [0, 0.1) is 0 Å². The summed E-state index contributed by atoms with van der Waals surface area (Å²) in [5.41, 5.74) is 3.00. The maximum atomic E-state index is 3.60. The van der Waals surface area contributed by atoms with E-state index in [9.17, 15) is 0 Å². The molecule has 0 aliphatic carbocycles. The van der Waals surface area contributed by atoms with Gasteiger partial charge in [-0.1, -0.05) is 52.0 Å². The van der Waals surface area contributed by atoms with E-state index in [1.165, 1.54) is 11.1 Å². The van der Waals surface area contributed by atoms with Crippen LogP contribution in [0.25, 0.3) is 0 Å². The van der Waals surface area contributed by atoms with Crippen molar-refractivity contribution in [1.82, 2.24) is 10.2 Å². The molecule has 0 amide bonds. The van der Waals surface area contributed by atoms with Crippen LogP contribution in [0.3, 0.4) is 0 Å². The first-order valence-corrected chi connectivity index (χ1v) is 7.79. The van der Waals surface area contributed by atoms with E-state index in [0.29, 0.717) is 12.1 Å². The number of hydrogen-bond donors (Lipinski definition) is 1. The number of hydrogen-bond acceptors (Lipinski definition) is 2. The molecule has 0 fully saturated rings. The van der Waals surface area contributed by atoms with Crippen molar-refractivity contribution in [2.24, 2.45) is 0 Å². The Labute approximate surface area is 125 Å². The van der Waals surface area contributed by atoms with Crippen LogP contribution < -0.4 is 5.32 Å².